The maximum atomic E-state index is 9.37. The highest BCUT2D eigenvalue weighted by Crippen LogP contribution is 2.21. The second kappa shape index (κ2) is 4.07. The van der Waals surface area contributed by atoms with E-state index in [1.165, 1.54) is 0 Å². The molecule has 0 bridgehead atoms. The first-order valence-corrected chi connectivity index (χ1v) is 4.15. The normalized spacial score (nSPS) is 12.8. The van der Waals surface area contributed by atoms with E-state index in [0.717, 1.165) is 12.8 Å². The number of hydrogen-bond acceptors (Lipinski definition) is 3. The molecule has 0 spiro atoms. The van der Waals surface area contributed by atoms with Crippen LogP contribution < -0.4 is 5.73 Å². The van der Waals surface area contributed by atoms with Crippen LogP contribution in [0.25, 0.3) is 0 Å². The van der Waals surface area contributed by atoms with Gasteiger partial charge in [0.15, 0.2) is 0 Å². The average molecular weight is 166 g/mol. The molecule has 0 aliphatic heterocycles. The first kappa shape index (κ1) is 9.00. The lowest BCUT2D eigenvalue weighted by Gasteiger charge is -2.10. The predicted octanol–water partition coefficient (Wildman–Crippen LogP) is 1.59. The largest absolute Gasteiger partial charge is 0.506 e. The van der Waals surface area contributed by atoms with E-state index in [0.29, 0.717) is 5.69 Å². The Morgan fingerprint density at radius 2 is 2.42 bits per heavy atom. The third-order valence-electron chi connectivity index (χ3n) is 1.77. The zero-order valence-corrected chi connectivity index (χ0v) is 7.20. The highest BCUT2D eigenvalue weighted by atomic mass is 16.3. The van der Waals surface area contributed by atoms with Crippen LogP contribution in [-0.4, -0.2) is 10.1 Å². The van der Waals surface area contributed by atoms with Gasteiger partial charge in [-0.2, -0.15) is 0 Å². The number of aromatic nitrogens is 1. The van der Waals surface area contributed by atoms with Gasteiger partial charge < -0.3 is 10.8 Å². The first-order valence-electron chi connectivity index (χ1n) is 4.15. The summed E-state index contributed by atoms with van der Waals surface area (Å²) in [4.78, 5) is 4.02. The van der Waals surface area contributed by atoms with E-state index in [9.17, 15) is 5.11 Å². The lowest BCUT2D eigenvalue weighted by Crippen LogP contribution is -2.11. The molecular weight excluding hydrogens is 152 g/mol. The molecule has 1 aromatic heterocycles. The van der Waals surface area contributed by atoms with Crippen LogP contribution in [0.1, 0.15) is 31.5 Å². The van der Waals surface area contributed by atoms with Crippen LogP contribution in [0.5, 0.6) is 5.75 Å². The molecule has 0 fully saturated rings. The molecule has 12 heavy (non-hydrogen) atoms. The molecule has 0 radical (unpaired) electrons. The van der Waals surface area contributed by atoms with Gasteiger partial charge in [-0.05, 0) is 18.6 Å². The Bertz CT molecular complexity index is 250. The lowest BCUT2D eigenvalue weighted by molar-refractivity contribution is 0.451. The van der Waals surface area contributed by atoms with E-state index in [2.05, 4.69) is 11.9 Å². The quantitative estimate of drug-likeness (QED) is 0.716. The molecule has 1 atom stereocenters. The predicted molar refractivity (Wildman–Crippen MR) is 47.7 cm³/mol. The van der Waals surface area contributed by atoms with E-state index in [-0.39, 0.29) is 11.8 Å². The summed E-state index contributed by atoms with van der Waals surface area (Å²) in [6.07, 6.45) is 3.49. The topological polar surface area (TPSA) is 59.1 Å². The van der Waals surface area contributed by atoms with Crippen LogP contribution in [0.4, 0.5) is 0 Å². The molecule has 3 nitrogen and oxygen atoms in total. The zero-order valence-electron chi connectivity index (χ0n) is 7.20. The molecule has 3 N–H and O–H groups in total. The van der Waals surface area contributed by atoms with E-state index in [4.69, 9.17) is 5.73 Å². The SMILES string of the molecule is CCCC(N)c1ncccc1O. The van der Waals surface area contributed by atoms with Crippen molar-refractivity contribution in [2.75, 3.05) is 0 Å². The Balaban J connectivity index is 2.79. The van der Waals surface area contributed by atoms with Gasteiger partial charge in [-0.3, -0.25) is 4.98 Å². The van der Waals surface area contributed by atoms with Crippen LogP contribution in [0.3, 0.4) is 0 Å². The van der Waals surface area contributed by atoms with Crippen molar-refractivity contribution in [1.29, 1.82) is 0 Å². The molecule has 66 valence electrons. The minimum absolute atomic E-state index is 0.142. The Morgan fingerprint density at radius 3 is 3.00 bits per heavy atom. The molecule has 1 heterocycles. The Morgan fingerprint density at radius 1 is 1.67 bits per heavy atom. The molecule has 0 saturated carbocycles. The van der Waals surface area contributed by atoms with Gasteiger partial charge in [-0.25, -0.2) is 0 Å². The molecule has 3 heteroatoms. The van der Waals surface area contributed by atoms with Gasteiger partial charge in [0.2, 0.25) is 0 Å². The number of pyridine rings is 1. The molecule has 1 aromatic rings. The summed E-state index contributed by atoms with van der Waals surface area (Å²) in [5.74, 6) is 0.193. The van der Waals surface area contributed by atoms with E-state index in [1.807, 2.05) is 0 Å². The van der Waals surface area contributed by atoms with Crippen molar-refractivity contribution in [1.82, 2.24) is 4.98 Å². The molecular formula is C9H14N2O. The Hall–Kier alpha value is -1.09. The summed E-state index contributed by atoms with van der Waals surface area (Å²) in [6.45, 7) is 2.06. The molecule has 0 aromatic carbocycles. The van der Waals surface area contributed by atoms with Crippen molar-refractivity contribution >= 4 is 0 Å². The van der Waals surface area contributed by atoms with Gasteiger partial charge >= 0.3 is 0 Å². The van der Waals surface area contributed by atoms with Crippen molar-refractivity contribution < 1.29 is 5.11 Å². The third-order valence-corrected chi connectivity index (χ3v) is 1.77. The van der Waals surface area contributed by atoms with Gasteiger partial charge in [-0.1, -0.05) is 13.3 Å². The third kappa shape index (κ3) is 1.95. The van der Waals surface area contributed by atoms with Crippen molar-refractivity contribution in [3.63, 3.8) is 0 Å². The second-order valence-electron chi connectivity index (χ2n) is 2.80. The average Bonchev–Trinajstić information content (AvgIpc) is 2.05. The number of hydrogen-bond donors (Lipinski definition) is 2. The molecule has 0 aliphatic rings. The maximum absolute atomic E-state index is 9.37. The molecule has 0 saturated heterocycles. The second-order valence-corrected chi connectivity index (χ2v) is 2.80. The fourth-order valence-electron chi connectivity index (χ4n) is 1.14. The Kier molecular flexibility index (Phi) is 3.05. The van der Waals surface area contributed by atoms with Gasteiger partial charge in [0.25, 0.3) is 0 Å². The number of nitrogens with two attached hydrogens (primary N) is 1. The van der Waals surface area contributed by atoms with Crippen LogP contribution in [0, 0.1) is 0 Å². The summed E-state index contributed by atoms with van der Waals surface area (Å²) in [5.41, 5.74) is 6.38. The van der Waals surface area contributed by atoms with Crippen molar-refractivity contribution in [2.24, 2.45) is 5.73 Å². The van der Waals surface area contributed by atoms with Gasteiger partial charge in [0.05, 0.1) is 11.7 Å². The fraction of sp³-hybridized carbons (Fsp3) is 0.444. The highest BCUT2D eigenvalue weighted by Gasteiger charge is 2.09. The van der Waals surface area contributed by atoms with Gasteiger partial charge in [-0.15, -0.1) is 0 Å². The van der Waals surface area contributed by atoms with Gasteiger partial charge in [0.1, 0.15) is 5.75 Å². The number of aromatic hydroxyl groups is 1. The maximum Gasteiger partial charge on any atom is 0.138 e. The summed E-state index contributed by atoms with van der Waals surface area (Å²) in [7, 11) is 0. The molecule has 0 aliphatic carbocycles. The van der Waals surface area contributed by atoms with Crippen LogP contribution in [0.2, 0.25) is 0 Å². The summed E-state index contributed by atoms with van der Waals surface area (Å²) in [6, 6.07) is 3.16. The monoisotopic (exact) mass is 166 g/mol. The van der Waals surface area contributed by atoms with Gasteiger partial charge in [0, 0.05) is 6.20 Å². The summed E-state index contributed by atoms with van der Waals surface area (Å²) in [5, 5.41) is 9.37. The lowest BCUT2D eigenvalue weighted by atomic mass is 10.1. The van der Waals surface area contributed by atoms with Crippen LogP contribution in [-0.2, 0) is 0 Å². The standard InChI is InChI=1S/C9H14N2O/c1-2-4-7(10)9-8(12)5-3-6-11-9/h3,5-7,12H,2,4,10H2,1H3. The molecule has 1 unspecified atom stereocenters. The van der Waals surface area contributed by atoms with Crippen LogP contribution in [0.15, 0.2) is 18.3 Å². The minimum atomic E-state index is -0.142. The number of nitrogens with zero attached hydrogens (tertiary/aromatic N) is 1. The Labute approximate surface area is 72.2 Å². The first-order chi connectivity index (χ1) is 5.75. The van der Waals surface area contributed by atoms with Crippen molar-refractivity contribution in [3.8, 4) is 5.75 Å². The highest BCUT2D eigenvalue weighted by molar-refractivity contribution is 5.27. The zero-order chi connectivity index (χ0) is 8.97. The van der Waals surface area contributed by atoms with Crippen molar-refractivity contribution in [3.05, 3.63) is 24.0 Å². The summed E-state index contributed by atoms with van der Waals surface area (Å²) >= 11 is 0. The van der Waals surface area contributed by atoms with Crippen LogP contribution >= 0.6 is 0 Å². The smallest absolute Gasteiger partial charge is 0.138 e. The van der Waals surface area contributed by atoms with E-state index < -0.39 is 0 Å². The molecule has 1 rings (SSSR count). The fourth-order valence-corrected chi connectivity index (χ4v) is 1.14. The molecule has 0 amide bonds. The van der Waals surface area contributed by atoms with E-state index >= 15 is 0 Å². The summed E-state index contributed by atoms with van der Waals surface area (Å²) < 4.78 is 0. The number of rotatable bonds is 3. The minimum Gasteiger partial charge on any atom is -0.506 e. The van der Waals surface area contributed by atoms with Crippen molar-refractivity contribution in [2.45, 2.75) is 25.8 Å². The van der Waals surface area contributed by atoms with E-state index in [1.54, 1.807) is 18.3 Å².